The number of aliphatic hydroxyl groups excluding tert-OH is 1. The molecule has 4 atom stereocenters. The largest absolute Gasteiger partial charge is 0.489 e. The number of nitrogens with one attached hydrogen (secondary N) is 1. The van der Waals surface area contributed by atoms with Crippen LogP contribution in [0.2, 0.25) is 5.15 Å². The van der Waals surface area contributed by atoms with Crippen molar-refractivity contribution in [3.05, 3.63) is 47.6 Å². The highest BCUT2D eigenvalue weighted by Gasteiger charge is 2.46. The number of benzene rings is 1. The molecule has 2 aromatic rings. The van der Waals surface area contributed by atoms with E-state index in [4.69, 9.17) is 21.1 Å². The summed E-state index contributed by atoms with van der Waals surface area (Å²) < 4.78 is 11.5. The SMILES string of the molecule is CC(C)(C)OC(=O)N[C@H](C(O)N1C[C@H](Oc2cc(Cl)nc(-c3ccccc3)c2)C[C@H]1C(=O)O)C(C)(C)C. The van der Waals surface area contributed by atoms with Gasteiger partial charge in [-0.15, -0.1) is 0 Å². The Labute approximate surface area is 222 Å². The fraction of sp³-hybridized carbons (Fsp3) is 0.519. The van der Waals surface area contributed by atoms with Crippen LogP contribution in [-0.2, 0) is 9.53 Å². The van der Waals surface area contributed by atoms with Crippen LogP contribution in [0, 0.1) is 5.41 Å². The van der Waals surface area contributed by atoms with Crippen molar-refractivity contribution in [2.24, 2.45) is 5.41 Å². The number of pyridine rings is 1. The number of amides is 1. The lowest BCUT2D eigenvalue weighted by molar-refractivity contribution is -0.148. The van der Waals surface area contributed by atoms with E-state index in [1.165, 1.54) is 4.90 Å². The van der Waals surface area contributed by atoms with Gasteiger partial charge in [-0.1, -0.05) is 62.7 Å². The second-order valence-corrected chi connectivity index (χ2v) is 11.7. The van der Waals surface area contributed by atoms with Gasteiger partial charge in [0.2, 0.25) is 0 Å². The number of hydrogen-bond donors (Lipinski definition) is 3. The Bertz CT molecular complexity index is 1100. The van der Waals surface area contributed by atoms with Gasteiger partial charge in [-0.25, -0.2) is 9.78 Å². The number of aliphatic carboxylic acids is 1. The Hall–Kier alpha value is -2.88. The molecule has 0 saturated carbocycles. The molecule has 1 aliphatic rings. The van der Waals surface area contributed by atoms with Gasteiger partial charge in [-0.05, 0) is 26.2 Å². The molecule has 3 rings (SSSR count). The summed E-state index contributed by atoms with van der Waals surface area (Å²) >= 11 is 6.24. The molecular formula is C27H36ClN3O6. The number of halogens is 1. The molecule has 0 spiro atoms. The fourth-order valence-electron chi connectivity index (χ4n) is 4.30. The molecule has 202 valence electrons. The third-order valence-corrected chi connectivity index (χ3v) is 6.16. The van der Waals surface area contributed by atoms with Gasteiger partial charge in [-0.2, -0.15) is 0 Å². The van der Waals surface area contributed by atoms with E-state index in [1.54, 1.807) is 32.9 Å². The zero-order valence-electron chi connectivity index (χ0n) is 22.1. The number of hydrogen-bond acceptors (Lipinski definition) is 7. The summed E-state index contributed by atoms with van der Waals surface area (Å²) in [7, 11) is 0. The van der Waals surface area contributed by atoms with Gasteiger partial charge in [-0.3, -0.25) is 9.69 Å². The number of nitrogens with zero attached hydrogens (tertiary/aromatic N) is 2. The van der Waals surface area contributed by atoms with E-state index in [1.807, 2.05) is 51.1 Å². The number of aromatic nitrogens is 1. The monoisotopic (exact) mass is 533 g/mol. The van der Waals surface area contributed by atoms with Crippen molar-refractivity contribution in [1.82, 2.24) is 15.2 Å². The van der Waals surface area contributed by atoms with Crippen molar-refractivity contribution in [3.8, 4) is 17.0 Å². The Morgan fingerprint density at radius 3 is 2.35 bits per heavy atom. The second kappa shape index (κ2) is 11.2. The van der Waals surface area contributed by atoms with Gasteiger partial charge in [0, 0.05) is 30.7 Å². The van der Waals surface area contributed by atoms with Gasteiger partial charge < -0.3 is 25.0 Å². The minimum atomic E-state index is -1.30. The third kappa shape index (κ3) is 7.80. The van der Waals surface area contributed by atoms with Crippen molar-refractivity contribution < 1.29 is 29.3 Å². The highest BCUT2D eigenvalue weighted by Crippen LogP contribution is 2.32. The van der Waals surface area contributed by atoms with E-state index in [2.05, 4.69) is 10.3 Å². The quantitative estimate of drug-likeness (QED) is 0.443. The fourth-order valence-corrected chi connectivity index (χ4v) is 4.50. The van der Waals surface area contributed by atoms with E-state index in [0.717, 1.165) is 5.56 Å². The molecule has 1 amide bonds. The summed E-state index contributed by atoms with van der Waals surface area (Å²) in [5, 5.41) is 24.2. The molecule has 1 aromatic heterocycles. The van der Waals surface area contributed by atoms with Crippen molar-refractivity contribution >= 4 is 23.7 Å². The second-order valence-electron chi connectivity index (χ2n) is 11.3. The normalized spacial score (nSPS) is 20.2. The number of aliphatic hydroxyl groups is 1. The molecule has 3 N–H and O–H groups in total. The number of carbonyl (C=O) groups is 2. The molecule has 37 heavy (non-hydrogen) atoms. The molecular weight excluding hydrogens is 498 g/mol. The Balaban J connectivity index is 1.80. The summed E-state index contributed by atoms with van der Waals surface area (Å²) in [5.74, 6) is -0.642. The Morgan fingerprint density at radius 1 is 1.14 bits per heavy atom. The minimum absolute atomic E-state index is 0.126. The summed E-state index contributed by atoms with van der Waals surface area (Å²) in [5.41, 5.74) is 0.157. The van der Waals surface area contributed by atoms with Crippen LogP contribution in [-0.4, -0.2) is 68.7 Å². The van der Waals surface area contributed by atoms with Gasteiger partial charge >= 0.3 is 12.1 Å². The lowest BCUT2D eigenvalue weighted by Gasteiger charge is -2.40. The molecule has 1 saturated heterocycles. The van der Waals surface area contributed by atoms with E-state index >= 15 is 0 Å². The van der Waals surface area contributed by atoms with Crippen LogP contribution in [0.5, 0.6) is 5.75 Å². The Kier molecular flexibility index (Phi) is 8.72. The number of rotatable bonds is 7. The molecule has 2 heterocycles. The van der Waals surface area contributed by atoms with Crippen LogP contribution < -0.4 is 10.1 Å². The highest BCUT2D eigenvalue weighted by atomic mass is 35.5. The summed E-state index contributed by atoms with van der Waals surface area (Å²) in [6.07, 6.45) is -2.40. The molecule has 1 aromatic carbocycles. The molecule has 0 bridgehead atoms. The topological polar surface area (TPSA) is 121 Å². The van der Waals surface area contributed by atoms with Crippen molar-refractivity contribution in [3.63, 3.8) is 0 Å². The van der Waals surface area contributed by atoms with Crippen molar-refractivity contribution in [2.45, 2.75) is 78.0 Å². The van der Waals surface area contributed by atoms with E-state index in [-0.39, 0.29) is 18.1 Å². The standard InChI is InChI=1S/C27H36ClN3O6/c1-26(2,3)22(30-25(35)37-27(4,5)6)23(32)31-15-18(13-20(31)24(33)34)36-17-12-19(29-21(28)14-17)16-10-8-7-9-11-16/h7-12,14,18,20,22-23,32H,13,15H2,1-6H3,(H,30,35)(H,33,34)/t18-,20+,22-,23?/m1/s1. The van der Waals surface area contributed by atoms with Gasteiger partial charge in [0.1, 0.15) is 34.9 Å². The average molecular weight is 534 g/mol. The van der Waals surface area contributed by atoms with Crippen LogP contribution in [0.4, 0.5) is 4.79 Å². The van der Waals surface area contributed by atoms with Gasteiger partial charge in [0.05, 0.1) is 11.7 Å². The van der Waals surface area contributed by atoms with Crippen molar-refractivity contribution in [1.29, 1.82) is 0 Å². The first kappa shape index (κ1) is 28.7. The lowest BCUT2D eigenvalue weighted by Crippen LogP contribution is -2.60. The number of likely N-dealkylation sites (tertiary alicyclic amines) is 1. The first-order valence-electron chi connectivity index (χ1n) is 12.2. The number of carboxylic acid groups (broad SMARTS) is 1. The molecule has 1 fully saturated rings. The lowest BCUT2D eigenvalue weighted by atomic mass is 9.85. The average Bonchev–Trinajstić information content (AvgIpc) is 3.19. The highest BCUT2D eigenvalue weighted by molar-refractivity contribution is 6.29. The predicted molar refractivity (Wildman–Crippen MR) is 140 cm³/mol. The number of carboxylic acids is 1. The van der Waals surface area contributed by atoms with Crippen LogP contribution in [0.3, 0.4) is 0 Å². The maximum absolute atomic E-state index is 12.5. The predicted octanol–water partition coefficient (Wildman–Crippen LogP) is 4.57. The van der Waals surface area contributed by atoms with E-state index in [9.17, 15) is 19.8 Å². The summed E-state index contributed by atoms with van der Waals surface area (Å²) in [6.45, 7) is 10.9. The molecule has 1 unspecified atom stereocenters. The summed E-state index contributed by atoms with van der Waals surface area (Å²) in [6, 6.07) is 11.0. The van der Waals surface area contributed by atoms with Crippen LogP contribution in [0.15, 0.2) is 42.5 Å². The summed E-state index contributed by atoms with van der Waals surface area (Å²) in [4.78, 5) is 30.5. The van der Waals surface area contributed by atoms with Crippen LogP contribution >= 0.6 is 11.6 Å². The molecule has 10 heteroatoms. The minimum Gasteiger partial charge on any atom is -0.489 e. The van der Waals surface area contributed by atoms with Gasteiger partial charge in [0.15, 0.2) is 0 Å². The van der Waals surface area contributed by atoms with Gasteiger partial charge in [0.25, 0.3) is 0 Å². The van der Waals surface area contributed by atoms with Crippen LogP contribution in [0.25, 0.3) is 11.3 Å². The zero-order valence-corrected chi connectivity index (χ0v) is 22.8. The first-order valence-corrected chi connectivity index (χ1v) is 12.6. The maximum Gasteiger partial charge on any atom is 0.408 e. The smallest absolute Gasteiger partial charge is 0.408 e. The third-order valence-electron chi connectivity index (χ3n) is 5.97. The molecule has 9 nitrogen and oxygen atoms in total. The Morgan fingerprint density at radius 2 is 1.78 bits per heavy atom. The van der Waals surface area contributed by atoms with Crippen LogP contribution in [0.1, 0.15) is 48.0 Å². The molecule has 0 aliphatic carbocycles. The number of alkyl carbamates (subject to hydrolysis) is 1. The maximum atomic E-state index is 12.5. The molecule has 0 radical (unpaired) electrons. The van der Waals surface area contributed by atoms with E-state index in [0.29, 0.717) is 11.4 Å². The van der Waals surface area contributed by atoms with E-state index < -0.39 is 47.5 Å². The molecule has 1 aliphatic heterocycles. The zero-order chi connectivity index (χ0) is 27.5. The number of carbonyl (C=O) groups excluding carboxylic acids is 1. The van der Waals surface area contributed by atoms with Crippen molar-refractivity contribution in [2.75, 3.05) is 6.54 Å². The number of ether oxygens (including phenoxy) is 2. The first-order chi connectivity index (χ1) is 17.1.